The molecule has 2 aromatic heterocycles. The van der Waals surface area contributed by atoms with Gasteiger partial charge in [-0.2, -0.15) is 11.3 Å². The summed E-state index contributed by atoms with van der Waals surface area (Å²) < 4.78 is 0. The normalized spacial score (nSPS) is 12.2. The number of hydrogen-bond acceptors (Lipinski definition) is 5. The van der Waals surface area contributed by atoms with Crippen molar-refractivity contribution in [1.82, 2.24) is 15.3 Å². The van der Waals surface area contributed by atoms with Crippen molar-refractivity contribution in [3.8, 4) is 0 Å². The number of aliphatic hydroxyl groups is 1. The van der Waals surface area contributed by atoms with Crippen LogP contribution in [0.5, 0.6) is 0 Å². The number of nitrogens with zero attached hydrogens (tertiary/aromatic N) is 2. The van der Waals surface area contributed by atoms with Crippen molar-refractivity contribution in [2.75, 3.05) is 13.2 Å². The van der Waals surface area contributed by atoms with E-state index in [1.54, 1.807) is 41.9 Å². The van der Waals surface area contributed by atoms with Gasteiger partial charge in [0.25, 0.3) is 5.91 Å². The third-order valence-corrected chi connectivity index (χ3v) is 4.38. The van der Waals surface area contributed by atoms with Crippen molar-refractivity contribution in [2.24, 2.45) is 5.92 Å². The number of amides is 1. The number of aliphatic hydroxyl groups excluding tert-OH is 1. The van der Waals surface area contributed by atoms with E-state index < -0.39 is 0 Å². The second kappa shape index (κ2) is 7.30. The molecule has 118 valence electrons. The molecule has 3 rings (SSSR count). The maximum atomic E-state index is 12.3. The highest BCUT2D eigenvalue weighted by Gasteiger charge is 2.12. The van der Waals surface area contributed by atoms with E-state index in [1.165, 1.54) is 5.56 Å². The second-order valence-electron chi connectivity index (χ2n) is 5.35. The Morgan fingerprint density at radius 2 is 2.04 bits per heavy atom. The van der Waals surface area contributed by atoms with Crippen LogP contribution in [-0.4, -0.2) is 34.1 Å². The van der Waals surface area contributed by atoms with Crippen LogP contribution < -0.4 is 5.32 Å². The summed E-state index contributed by atoms with van der Waals surface area (Å²) in [6.07, 6.45) is 3.98. The molecule has 2 heterocycles. The van der Waals surface area contributed by atoms with Gasteiger partial charge in [0.2, 0.25) is 0 Å². The lowest BCUT2D eigenvalue weighted by molar-refractivity contribution is 0.0940. The molecule has 6 heteroatoms. The minimum absolute atomic E-state index is 0.00815. The molecule has 0 fully saturated rings. The summed E-state index contributed by atoms with van der Waals surface area (Å²) in [6, 6.07) is 7.28. The Balaban J connectivity index is 1.63. The highest BCUT2D eigenvalue weighted by molar-refractivity contribution is 7.07. The highest BCUT2D eigenvalue weighted by atomic mass is 32.1. The Morgan fingerprint density at radius 1 is 1.22 bits per heavy atom. The maximum Gasteiger partial charge on any atom is 0.251 e. The molecular formula is C17H17N3O2S. The standard InChI is InChI=1S/C17H17N3O2S/c21-10-13(7-12-3-6-23-11-12)9-20-17(22)14-1-2-15-16(8-14)19-5-4-18-15/h1-6,8,11,13,21H,7,9-10H2,(H,20,22). The Bertz CT molecular complexity index is 789. The SMILES string of the molecule is O=C(NCC(CO)Cc1ccsc1)c1ccc2nccnc2c1. The molecule has 0 aliphatic heterocycles. The van der Waals surface area contributed by atoms with E-state index in [2.05, 4.69) is 20.7 Å². The first-order valence-corrected chi connectivity index (χ1v) is 8.31. The molecule has 0 aliphatic carbocycles. The van der Waals surface area contributed by atoms with Crippen LogP contribution in [0.4, 0.5) is 0 Å². The number of fused-ring (bicyclic) bond motifs is 1. The molecule has 1 atom stereocenters. The minimum Gasteiger partial charge on any atom is -0.396 e. The van der Waals surface area contributed by atoms with Crippen LogP contribution in [0.1, 0.15) is 15.9 Å². The molecule has 5 nitrogen and oxygen atoms in total. The second-order valence-corrected chi connectivity index (χ2v) is 6.13. The number of aromatic nitrogens is 2. The zero-order valence-corrected chi connectivity index (χ0v) is 13.3. The number of rotatable bonds is 6. The first-order valence-electron chi connectivity index (χ1n) is 7.37. The van der Waals surface area contributed by atoms with Crippen LogP contribution in [0, 0.1) is 5.92 Å². The van der Waals surface area contributed by atoms with Crippen LogP contribution in [0.15, 0.2) is 47.4 Å². The van der Waals surface area contributed by atoms with Gasteiger partial charge in [-0.1, -0.05) is 0 Å². The number of carbonyl (C=O) groups excluding carboxylic acids is 1. The van der Waals surface area contributed by atoms with Crippen molar-refractivity contribution in [3.63, 3.8) is 0 Å². The Morgan fingerprint density at radius 3 is 2.78 bits per heavy atom. The van der Waals surface area contributed by atoms with E-state index >= 15 is 0 Å². The van der Waals surface area contributed by atoms with Crippen molar-refractivity contribution in [3.05, 3.63) is 58.5 Å². The van der Waals surface area contributed by atoms with Gasteiger partial charge in [-0.05, 0) is 47.0 Å². The molecule has 1 aromatic carbocycles. The molecule has 2 N–H and O–H groups in total. The number of benzene rings is 1. The lowest BCUT2D eigenvalue weighted by atomic mass is 10.0. The average Bonchev–Trinajstić information content (AvgIpc) is 3.11. The monoisotopic (exact) mass is 327 g/mol. The van der Waals surface area contributed by atoms with Gasteiger partial charge in [0.05, 0.1) is 11.0 Å². The molecule has 1 amide bonds. The van der Waals surface area contributed by atoms with Crippen LogP contribution in [-0.2, 0) is 6.42 Å². The van der Waals surface area contributed by atoms with Crippen LogP contribution in [0.2, 0.25) is 0 Å². The summed E-state index contributed by atoms with van der Waals surface area (Å²) >= 11 is 1.63. The zero-order chi connectivity index (χ0) is 16.1. The molecular weight excluding hydrogens is 310 g/mol. The van der Waals surface area contributed by atoms with E-state index in [1.807, 2.05) is 11.4 Å². The Hall–Kier alpha value is -2.31. The topological polar surface area (TPSA) is 75.1 Å². The summed E-state index contributed by atoms with van der Waals surface area (Å²) in [7, 11) is 0. The van der Waals surface area contributed by atoms with Gasteiger partial charge >= 0.3 is 0 Å². The van der Waals surface area contributed by atoms with Gasteiger partial charge in [-0.25, -0.2) is 0 Å². The largest absolute Gasteiger partial charge is 0.396 e. The highest BCUT2D eigenvalue weighted by Crippen LogP contribution is 2.13. The summed E-state index contributed by atoms with van der Waals surface area (Å²) in [6.45, 7) is 0.475. The molecule has 0 aliphatic rings. The first-order chi connectivity index (χ1) is 11.3. The van der Waals surface area contributed by atoms with E-state index in [4.69, 9.17) is 0 Å². The molecule has 3 aromatic rings. The predicted octanol–water partition coefficient (Wildman–Crippen LogP) is 2.27. The molecule has 1 unspecified atom stereocenters. The van der Waals surface area contributed by atoms with E-state index in [-0.39, 0.29) is 18.4 Å². The summed E-state index contributed by atoms with van der Waals surface area (Å²) in [4.78, 5) is 20.7. The van der Waals surface area contributed by atoms with Crippen LogP contribution >= 0.6 is 11.3 Å². The summed E-state index contributed by atoms with van der Waals surface area (Å²) in [5.41, 5.74) is 3.18. The number of thiophene rings is 1. The molecule has 0 saturated heterocycles. The van der Waals surface area contributed by atoms with Crippen LogP contribution in [0.3, 0.4) is 0 Å². The van der Waals surface area contributed by atoms with Gasteiger partial charge in [0.1, 0.15) is 0 Å². The maximum absolute atomic E-state index is 12.3. The van der Waals surface area contributed by atoms with Gasteiger partial charge in [-0.3, -0.25) is 14.8 Å². The average molecular weight is 327 g/mol. The van der Waals surface area contributed by atoms with Gasteiger partial charge in [0.15, 0.2) is 0 Å². The first kappa shape index (κ1) is 15.6. The van der Waals surface area contributed by atoms with Gasteiger partial charge in [-0.15, -0.1) is 0 Å². The molecule has 23 heavy (non-hydrogen) atoms. The van der Waals surface area contributed by atoms with Crippen molar-refractivity contribution in [1.29, 1.82) is 0 Å². The fourth-order valence-corrected chi connectivity index (χ4v) is 3.07. The summed E-state index contributed by atoms with van der Waals surface area (Å²) in [5.74, 6) is -0.157. The minimum atomic E-state index is -0.165. The van der Waals surface area contributed by atoms with E-state index in [9.17, 15) is 9.90 Å². The Kier molecular flexibility index (Phi) is 4.95. The third-order valence-electron chi connectivity index (χ3n) is 3.65. The van der Waals surface area contributed by atoms with Crippen LogP contribution in [0.25, 0.3) is 11.0 Å². The molecule has 0 saturated carbocycles. The number of carbonyl (C=O) groups is 1. The van der Waals surface area contributed by atoms with Gasteiger partial charge in [0, 0.05) is 37.0 Å². The Labute approximate surface area is 138 Å². The molecule has 0 bridgehead atoms. The third kappa shape index (κ3) is 3.91. The van der Waals surface area contributed by atoms with Crippen molar-refractivity contribution in [2.45, 2.75) is 6.42 Å². The van der Waals surface area contributed by atoms with E-state index in [0.29, 0.717) is 17.6 Å². The number of nitrogens with one attached hydrogen (secondary N) is 1. The van der Waals surface area contributed by atoms with Crippen molar-refractivity contribution < 1.29 is 9.90 Å². The van der Waals surface area contributed by atoms with Crippen molar-refractivity contribution >= 4 is 28.3 Å². The number of hydrogen-bond donors (Lipinski definition) is 2. The predicted molar refractivity (Wildman–Crippen MR) is 90.5 cm³/mol. The zero-order valence-electron chi connectivity index (χ0n) is 12.5. The van der Waals surface area contributed by atoms with E-state index in [0.717, 1.165) is 11.9 Å². The lowest BCUT2D eigenvalue weighted by Crippen LogP contribution is -2.31. The summed E-state index contributed by atoms with van der Waals surface area (Å²) in [5, 5.41) is 16.4. The molecule has 0 radical (unpaired) electrons. The molecule has 0 spiro atoms. The van der Waals surface area contributed by atoms with Gasteiger partial charge < -0.3 is 10.4 Å². The smallest absolute Gasteiger partial charge is 0.251 e. The quantitative estimate of drug-likeness (QED) is 0.728. The lowest BCUT2D eigenvalue weighted by Gasteiger charge is -2.14. The fourth-order valence-electron chi connectivity index (χ4n) is 2.39. The fraction of sp³-hybridized carbons (Fsp3) is 0.235.